The smallest absolute Gasteiger partial charge is 0.319 e. The van der Waals surface area contributed by atoms with E-state index in [0.29, 0.717) is 12.3 Å². The Hall–Kier alpha value is -3.80. The molecule has 0 aliphatic rings. The van der Waals surface area contributed by atoms with Crippen LogP contribution in [0.3, 0.4) is 0 Å². The molecule has 0 saturated heterocycles. The Labute approximate surface area is 194 Å². The second kappa shape index (κ2) is 9.36. The van der Waals surface area contributed by atoms with Crippen LogP contribution >= 0.6 is 0 Å². The second-order valence-electron chi connectivity index (χ2n) is 9.25. The van der Waals surface area contributed by atoms with Crippen LogP contribution < -0.4 is 15.4 Å². The zero-order valence-electron chi connectivity index (χ0n) is 19.5. The van der Waals surface area contributed by atoms with Crippen LogP contribution in [0.25, 0.3) is 16.6 Å². The van der Waals surface area contributed by atoms with Gasteiger partial charge in [-0.15, -0.1) is 0 Å². The van der Waals surface area contributed by atoms with Crippen molar-refractivity contribution in [3.8, 4) is 11.4 Å². The van der Waals surface area contributed by atoms with Crippen molar-refractivity contribution < 1.29 is 9.53 Å². The third kappa shape index (κ3) is 5.52. The first-order valence-electron chi connectivity index (χ1n) is 11.1. The van der Waals surface area contributed by atoms with E-state index >= 15 is 0 Å². The molecule has 0 bridgehead atoms. The summed E-state index contributed by atoms with van der Waals surface area (Å²) < 4.78 is 7.71. The lowest BCUT2D eigenvalue weighted by Crippen LogP contribution is -2.39. The number of amides is 2. The first-order valence-corrected chi connectivity index (χ1v) is 11.1. The number of benzene rings is 3. The molecule has 2 amide bonds. The number of anilines is 1. The summed E-state index contributed by atoms with van der Waals surface area (Å²) in [6.07, 6.45) is 1.84. The summed E-state index contributed by atoms with van der Waals surface area (Å²) in [6.45, 7) is 8.84. The van der Waals surface area contributed by atoms with Gasteiger partial charge in [-0.25, -0.2) is 9.48 Å². The minimum atomic E-state index is -0.272. The zero-order valence-corrected chi connectivity index (χ0v) is 19.5. The zero-order chi connectivity index (χ0) is 23.4. The van der Waals surface area contributed by atoms with Crippen molar-refractivity contribution in [3.63, 3.8) is 0 Å². The van der Waals surface area contributed by atoms with Crippen LogP contribution in [-0.2, 0) is 5.41 Å². The highest BCUT2D eigenvalue weighted by molar-refractivity contribution is 5.89. The number of urea groups is 1. The molecule has 0 saturated carbocycles. The normalized spacial score (nSPS) is 12.4. The van der Waals surface area contributed by atoms with E-state index in [2.05, 4.69) is 48.6 Å². The molecule has 0 aliphatic carbocycles. The van der Waals surface area contributed by atoms with Crippen molar-refractivity contribution in [3.05, 3.63) is 84.6 Å². The quantitative estimate of drug-likeness (QED) is 0.390. The topological polar surface area (TPSA) is 68.2 Å². The monoisotopic (exact) mass is 442 g/mol. The Morgan fingerprint density at radius 3 is 2.39 bits per heavy atom. The molecule has 1 atom stereocenters. The standard InChI is InChI=1S/C27H30N4O2/c1-19(18-33-24-15-9-21(10-16-24)27(2,3)4)29-26(32)30-22-11-13-23(14-12-22)31-25-8-6-5-7-20(25)17-28-31/h5-17,19H,18H2,1-4H3,(H2,29,30,32). The van der Waals surface area contributed by atoms with Gasteiger partial charge in [-0.05, 0) is 60.4 Å². The Bertz CT molecular complexity index is 1220. The third-order valence-corrected chi connectivity index (χ3v) is 5.44. The van der Waals surface area contributed by atoms with Gasteiger partial charge in [0.1, 0.15) is 12.4 Å². The highest BCUT2D eigenvalue weighted by Gasteiger charge is 2.14. The van der Waals surface area contributed by atoms with Gasteiger partial charge in [0.2, 0.25) is 0 Å². The van der Waals surface area contributed by atoms with Crippen molar-refractivity contribution >= 4 is 22.6 Å². The number of ether oxygens (including phenoxy) is 1. The van der Waals surface area contributed by atoms with Crippen LogP contribution in [0, 0.1) is 0 Å². The van der Waals surface area contributed by atoms with E-state index in [9.17, 15) is 4.79 Å². The summed E-state index contributed by atoms with van der Waals surface area (Å²) in [7, 11) is 0. The van der Waals surface area contributed by atoms with Gasteiger partial charge in [0, 0.05) is 11.1 Å². The molecule has 0 spiro atoms. The first kappa shape index (κ1) is 22.4. The number of para-hydroxylation sites is 1. The summed E-state index contributed by atoms with van der Waals surface area (Å²) in [5, 5.41) is 11.3. The van der Waals surface area contributed by atoms with Crippen molar-refractivity contribution in [2.75, 3.05) is 11.9 Å². The van der Waals surface area contributed by atoms with Gasteiger partial charge in [0.15, 0.2) is 0 Å². The largest absolute Gasteiger partial charge is 0.491 e. The molecule has 4 rings (SSSR count). The maximum atomic E-state index is 12.4. The van der Waals surface area contributed by atoms with Gasteiger partial charge in [-0.3, -0.25) is 0 Å². The van der Waals surface area contributed by atoms with Crippen LogP contribution in [-0.4, -0.2) is 28.5 Å². The number of carbonyl (C=O) groups is 1. The molecule has 6 heteroatoms. The van der Waals surface area contributed by atoms with Crippen molar-refractivity contribution in [2.45, 2.75) is 39.2 Å². The predicted molar refractivity (Wildman–Crippen MR) is 133 cm³/mol. The maximum absolute atomic E-state index is 12.4. The van der Waals surface area contributed by atoms with Crippen LogP contribution in [0.1, 0.15) is 33.3 Å². The number of aromatic nitrogens is 2. The van der Waals surface area contributed by atoms with Crippen molar-refractivity contribution in [1.82, 2.24) is 15.1 Å². The molecule has 0 radical (unpaired) electrons. The van der Waals surface area contributed by atoms with Crippen molar-refractivity contribution in [2.24, 2.45) is 0 Å². The van der Waals surface area contributed by atoms with Gasteiger partial charge in [-0.1, -0.05) is 51.1 Å². The lowest BCUT2D eigenvalue weighted by atomic mass is 9.87. The van der Waals surface area contributed by atoms with Gasteiger partial charge in [-0.2, -0.15) is 5.10 Å². The fourth-order valence-corrected chi connectivity index (χ4v) is 3.57. The number of rotatable bonds is 6. The average Bonchev–Trinajstić information content (AvgIpc) is 3.22. The highest BCUT2D eigenvalue weighted by atomic mass is 16.5. The van der Waals surface area contributed by atoms with E-state index in [1.807, 2.05) is 78.5 Å². The van der Waals surface area contributed by atoms with Gasteiger partial charge in [0.25, 0.3) is 0 Å². The lowest BCUT2D eigenvalue weighted by molar-refractivity contribution is 0.236. The Morgan fingerprint density at radius 1 is 1.00 bits per heavy atom. The minimum absolute atomic E-state index is 0.107. The highest BCUT2D eigenvalue weighted by Crippen LogP contribution is 2.24. The van der Waals surface area contributed by atoms with Crippen molar-refractivity contribution in [1.29, 1.82) is 0 Å². The third-order valence-electron chi connectivity index (χ3n) is 5.44. The Balaban J connectivity index is 1.28. The SMILES string of the molecule is CC(COc1ccc(C(C)(C)C)cc1)NC(=O)Nc1ccc(-n2ncc3ccccc32)cc1. The van der Waals surface area contributed by atoms with Gasteiger partial charge < -0.3 is 15.4 Å². The van der Waals surface area contributed by atoms with Crippen LogP contribution in [0.15, 0.2) is 79.0 Å². The Kier molecular flexibility index (Phi) is 6.36. The number of nitrogens with one attached hydrogen (secondary N) is 2. The fraction of sp³-hybridized carbons (Fsp3) is 0.259. The molecule has 4 aromatic rings. The summed E-state index contributed by atoms with van der Waals surface area (Å²) in [5.74, 6) is 0.791. The fourth-order valence-electron chi connectivity index (χ4n) is 3.57. The lowest BCUT2D eigenvalue weighted by Gasteiger charge is -2.20. The number of hydrogen-bond acceptors (Lipinski definition) is 3. The Morgan fingerprint density at radius 2 is 1.70 bits per heavy atom. The molecule has 33 heavy (non-hydrogen) atoms. The number of carbonyl (C=O) groups excluding carboxylic acids is 1. The summed E-state index contributed by atoms with van der Waals surface area (Å²) in [4.78, 5) is 12.4. The number of fused-ring (bicyclic) bond motifs is 1. The summed E-state index contributed by atoms with van der Waals surface area (Å²) in [6, 6.07) is 23.3. The van der Waals surface area contributed by atoms with E-state index < -0.39 is 0 Å². The summed E-state index contributed by atoms with van der Waals surface area (Å²) >= 11 is 0. The first-order chi connectivity index (χ1) is 15.8. The molecule has 1 aromatic heterocycles. The average molecular weight is 443 g/mol. The molecule has 0 fully saturated rings. The second-order valence-corrected chi connectivity index (χ2v) is 9.25. The predicted octanol–water partition coefficient (Wildman–Crippen LogP) is 5.91. The van der Waals surface area contributed by atoms with Crippen LogP contribution in [0.4, 0.5) is 10.5 Å². The molecule has 0 aliphatic heterocycles. The molecular weight excluding hydrogens is 412 g/mol. The van der Waals surface area contributed by atoms with E-state index in [0.717, 1.165) is 22.3 Å². The molecule has 6 nitrogen and oxygen atoms in total. The van der Waals surface area contributed by atoms with Gasteiger partial charge >= 0.3 is 6.03 Å². The van der Waals surface area contributed by atoms with E-state index in [1.54, 1.807) is 0 Å². The van der Waals surface area contributed by atoms with E-state index in [1.165, 1.54) is 5.56 Å². The van der Waals surface area contributed by atoms with Crippen LogP contribution in [0.5, 0.6) is 5.75 Å². The number of hydrogen-bond donors (Lipinski definition) is 2. The van der Waals surface area contributed by atoms with Crippen LogP contribution in [0.2, 0.25) is 0 Å². The molecule has 3 aromatic carbocycles. The number of nitrogens with zero attached hydrogens (tertiary/aromatic N) is 2. The minimum Gasteiger partial charge on any atom is -0.491 e. The van der Waals surface area contributed by atoms with E-state index in [-0.39, 0.29) is 17.5 Å². The molecular formula is C27H30N4O2. The molecule has 1 heterocycles. The molecule has 1 unspecified atom stereocenters. The molecule has 170 valence electrons. The maximum Gasteiger partial charge on any atom is 0.319 e. The summed E-state index contributed by atoms with van der Waals surface area (Å²) in [5.41, 5.74) is 4.04. The van der Waals surface area contributed by atoms with E-state index in [4.69, 9.17) is 4.74 Å². The van der Waals surface area contributed by atoms with Gasteiger partial charge in [0.05, 0.1) is 23.4 Å². The molecule has 2 N–H and O–H groups in total.